The van der Waals surface area contributed by atoms with E-state index in [0.717, 1.165) is 12.3 Å². The molecule has 0 saturated carbocycles. The highest BCUT2D eigenvalue weighted by Gasteiger charge is 2.11. The van der Waals surface area contributed by atoms with E-state index in [1.54, 1.807) is 12.5 Å². The first-order valence-corrected chi connectivity index (χ1v) is 7.41. The third-order valence-electron chi connectivity index (χ3n) is 3.02. The first-order valence-electron chi connectivity index (χ1n) is 6.43. The lowest BCUT2D eigenvalue weighted by Crippen LogP contribution is -2.19. The van der Waals surface area contributed by atoms with E-state index in [9.17, 15) is 0 Å². The molecule has 0 unspecified atom stereocenters. The van der Waals surface area contributed by atoms with E-state index in [4.69, 9.17) is 10.2 Å². The third kappa shape index (κ3) is 3.33. The second-order valence-electron chi connectivity index (χ2n) is 4.38. The minimum absolute atomic E-state index is 0.564. The van der Waals surface area contributed by atoms with Gasteiger partial charge >= 0.3 is 0 Å². The quantitative estimate of drug-likeness (QED) is 0.820. The number of nitrogens with two attached hydrogens (primary N) is 1. The number of furan rings is 1. The molecule has 0 atom stereocenters. The van der Waals surface area contributed by atoms with Gasteiger partial charge in [-0.2, -0.15) is 0 Å². The van der Waals surface area contributed by atoms with Gasteiger partial charge in [0.1, 0.15) is 0 Å². The molecular weight excluding hydrogens is 256 g/mol. The molecule has 0 fully saturated rings. The van der Waals surface area contributed by atoms with Crippen molar-refractivity contribution in [1.82, 2.24) is 0 Å². The Hall–Kier alpha value is -1.39. The summed E-state index contributed by atoms with van der Waals surface area (Å²) in [6, 6.07) is 8.36. The van der Waals surface area contributed by atoms with Crippen LogP contribution in [0.1, 0.15) is 18.1 Å². The van der Waals surface area contributed by atoms with Crippen LogP contribution in [0.15, 0.2) is 46.1 Å². The largest absolute Gasteiger partial charge is 0.472 e. The van der Waals surface area contributed by atoms with Crippen molar-refractivity contribution in [2.75, 3.05) is 17.7 Å². The van der Waals surface area contributed by atoms with Crippen molar-refractivity contribution in [1.29, 1.82) is 0 Å². The Morgan fingerprint density at radius 2 is 2.16 bits per heavy atom. The summed E-state index contributed by atoms with van der Waals surface area (Å²) in [6.45, 7) is 3.55. The van der Waals surface area contributed by atoms with Crippen molar-refractivity contribution in [2.45, 2.75) is 24.9 Å². The predicted molar refractivity (Wildman–Crippen MR) is 81.5 cm³/mol. The van der Waals surface area contributed by atoms with E-state index in [0.29, 0.717) is 6.54 Å². The lowest BCUT2D eigenvalue weighted by molar-refractivity contribution is 0.563. The number of thioether (sulfide) groups is 1. The maximum Gasteiger partial charge on any atom is 0.0952 e. The molecule has 0 spiro atoms. The van der Waals surface area contributed by atoms with Crippen molar-refractivity contribution in [3.8, 4) is 0 Å². The fraction of sp³-hybridized carbons (Fsp3) is 0.333. The van der Waals surface area contributed by atoms with Gasteiger partial charge in [0, 0.05) is 41.8 Å². The van der Waals surface area contributed by atoms with Crippen LogP contribution in [0, 0.1) is 0 Å². The number of hydrogen-bond acceptors (Lipinski definition) is 4. The molecule has 0 amide bonds. The van der Waals surface area contributed by atoms with E-state index in [1.807, 2.05) is 17.8 Å². The average molecular weight is 276 g/mol. The summed E-state index contributed by atoms with van der Waals surface area (Å²) < 4.78 is 5.11. The Bertz CT molecular complexity index is 511. The summed E-state index contributed by atoms with van der Waals surface area (Å²) in [5, 5.41) is 0. The molecular formula is C15H20N2OS. The summed E-state index contributed by atoms with van der Waals surface area (Å²) >= 11 is 1.84. The Morgan fingerprint density at radius 3 is 2.79 bits per heavy atom. The van der Waals surface area contributed by atoms with Gasteiger partial charge in [-0.3, -0.25) is 0 Å². The molecule has 1 aromatic carbocycles. The van der Waals surface area contributed by atoms with Gasteiger partial charge in [0.05, 0.1) is 12.5 Å². The van der Waals surface area contributed by atoms with Crippen LogP contribution in [0.25, 0.3) is 0 Å². The highest BCUT2D eigenvalue weighted by molar-refractivity contribution is 7.99. The van der Waals surface area contributed by atoms with Crippen LogP contribution < -0.4 is 10.6 Å². The van der Waals surface area contributed by atoms with Gasteiger partial charge in [0.2, 0.25) is 0 Å². The normalized spacial score (nSPS) is 10.7. The van der Waals surface area contributed by atoms with Gasteiger partial charge in [-0.1, -0.05) is 13.0 Å². The molecule has 1 aromatic heterocycles. The third-order valence-corrected chi connectivity index (χ3v) is 4.01. The Labute approximate surface area is 118 Å². The Balaban J connectivity index is 2.25. The number of nitrogens with zero attached hydrogens (tertiary/aromatic N) is 1. The molecule has 0 bridgehead atoms. The summed E-state index contributed by atoms with van der Waals surface area (Å²) in [5.41, 5.74) is 9.52. The molecule has 0 saturated heterocycles. The topological polar surface area (TPSA) is 42.4 Å². The summed E-state index contributed by atoms with van der Waals surface area (Å²) in [6.07, 6.45) is 3.49. The van der Waals surface area contributed by atoms with E-state index in [2.05, 4.69) is 37.1 Å². The summed E-state index contributed by atoms with van der Waals surface area (Å²) in [7, 11) is 2.09. The fourth-order valence-electron chi connectivity index (χ4n) is 2.15. The van der Waals surface area contributed by atoms with Crippen LogP contribution >= 0.6 is 11.8 Å². The van der Waals surface area contributed by atoms with Crippen LogP contribution in [0.5, 0.6) is 0 Å². The van der Waals surface area contributed by atoms with E-state index in [1.165, 1.54) is 21.7 Å². The minimum Gasteiger partial charge on any atom is -0.472 e. The highest BCUT2D eigenvalue weighted by atomic mass is 32.2. The summed E-state index contributed by atoms with van der Waals surface area (Å²) in [4.78, 5) is 3.49. The molecule has 3 nitrogen and oxygen atoms in total. The van der Waals surface area contributed by atoms with Crippen molar-refractivity contribution >= 4 is 17.4 Å². The first-order chi connectivity index (χ1) is 9.26. The SMILES string of the molecule is CCSc1cccc(N(C)Cc2ccoc2)c1CN. The van der Waals surface area contributed by atoms with Gasteiger partial charge in [-0.25, -0.2) is 0 Å². The Kier molecular flexibility index (Phi) is 4.93. The van der Waals surface area contributed by atoms with Crippen molar-refractivity contribution < 1.29 is 4.42 Å². The van der Waals surface area contributed by atoms with E-state index >= 15 is 0 Å². The zero-order valence-electron chi connectivity index (χ0n) is 11.4. The predicted octanol–water partition coefficient (Wildman–Crippen LogP) is 3.49. The van der Waals surface area contributed by atoms with Crippen molar-refractivity contribution in [2.24, 2.45) is 5.73 Å². The van der Waals surface area contributed by atoms with E-state index < -0.39 is 0 Å². The van der Waals surface area contributed by atoms with Gasteiger partial charge in [-0.05, 0) is 24.0 Å². The molecule has 1 heterocycles. The molecule has 19 heavy (non-hydrogen) atoms. The Morgan fingerprint density at radius 1 is 1.32 bits per heavy atom. The fourth-order valence-corrected chi connectivity index (χ4v) is 3.00. The van der Waals surface area contributed by atoms with Crippen molar-refractivity contribution in [3.05, 3.63) is 47.9 Å². The van der Waals surface area contributed by atoms with Crippen LogP contribution in [-0.2, 0) is 13.1 Å². The first kappa shape index (κ1) is 14.0. The summed E-state index contributed by atoms with van der Waals surface area (Å²) in [5.74, 6) is 1.06. The van der Waals surface area contributed by atoms with Gasteiger partial charge in [0.25, 0.3) is 0 Å². The standard InChI is InChI=1S/C15H20N2OS/c1-3-19-15-6-4-5-14(13(15)9-16)17(2)10-12-7-8-18-11-12/h4-8,11H,3,9-10,16H2,1-2H3. The van der Waals surface area contributed by atoms with Gasteiger partial charge in [-0.15, -0.1) is 11.8 Å². The highest BCUT2D eigenvalue weighted by Crippen LogP contribution is 2.30. The van der Waals surface area contributed by atoms with Gasteiger partial charge < -0.3 is 15.1 Å². The molecule has 4 heteroatoms. The molecule has 102 valence electrons. The lowest BCUT2D eigenvalue weighted by atomic mass is 10.1. The second-order valence-corrected chi connectivity index (χ2v) is 5.68. The molecule has 0 aliphatic rings. The average Bonchev–Trinajstić information content (AvgIpc) is 2.91. The molecule has 0 aliphatic carbocycles. The number of rotatable bonds is 6. The molecule has 2 rings (SSSR count). The van der Waals surface area contributed by atoms with Crippen LogP contribution in [-0.4, -0.2) is 12.8 Å². The van der Waals surface area contributed by atoms with Crippen LogP contribution in [0.4, 0.5) is 5.69 Å². The zero-order chi connectivity index (χ0) is 13.7. The second kappa shape index (κ2) is 6.68. The smallest absolute Gasteiger partial charge is 0.0952 e. The van der Waals surface area contributed by atoms with Gasteiger partial charge in [0.15, 0.2) is 0 Å². The molecule has 0 aliphatic heterocycles. The molecule has 0 radical (unpaired) electrons. The van der Waals surface area contributed by atoms with Crippen LogP contribution in [0.3, 0.4) is 0 Å². The maximum atomic E-state index is 5.93. The van der Waals surface area contributed by atoms with Crippen molar-refractivity contribution in [3.63, 3.8) is 0 Å². The number of hydrogen-bond donors (Lipinski definition) is 1. The van der Waals surface area contributed by atoms with Crippen LogP contribution in [0.2, 0.25) is 0 Å². The molecule has 2 aromatic rings. The maximum absolute atomic E-state index is 5.93. The lowest BCUT2D eigenvalue weighted by Gasteiger charge is -2.23. The minimum atomic E-state index is 0.564. The monoisotopic (exact) mass is 276 g/mol. The number of anilines is 1. The molecule has 2 N–H and O–H groups in total. The zero-order valence-corrected chi connectivity index (χ0v) is 12.2. The number of benzene rings is 1. The van der Waals surface area contributed by atoms with E-state index in [-0.39, 0.29) is 0 Å².